The van der Waals surface area contributed by atoms with Crippen LogP contribution in [0.2, 0.25) is 0 Å². The van der Waals surface area contributed by atoms with Gasteiger partial charge in [0.05, 0.1) is 5.54 Å². The monoisotopic (exact) mass is 266 g/mol. The highest BCUT2D eigenvalue weighted by Crippen LogP contribution is 2.49. The van der Waals surface area contributed by atoms with Crippen LogP contribution in [-0.2, 0) is 9.53 Å². The van der Waals surface area contributed by atoms with Gasteiger partial charge in [-0.3, -0.25) is 4.79 Å². The Morgan fingerprint density at radius 2 is 2.05 bits per heavy atom. The van der Waals surface area contributed by atoms with E-state index in [1.807, 2.05) is 0 Å². The number of rotatable bonds is 4. The second-order valence-electron chi connectivity index (χ2n) is 6.78. The number of nitrogens with one attached hydrogen (secondary N) is 1. The van der Waals surface area contributed by atoms with Gasteiger partial charge in [0.2, 0.25) is 5.91 Å². The highest BCUT2D eigenvalue weighted by molar-refractivity contribution is 5.77. The minimum Gasteiger partial charge on any atom is -0.381 e. The summed E-state index contributed by atoms with van der Waals surface area (Å²) in [7, 11) is 0. The van der Waals surface area contributed by atoms with Crippen LogP contribution < -0.4 is 11.1 Å². The van der Waals surface area contributed by atoms with Gasteiger partial charge in [0.1, 0.15) is 0 Å². The third-order valence-corrected chi connectivity index (χ3v) is 5.58. The van der Waals surface area contributed by atoms with Gasteiger partial charge in [0.25, 0.3) is 0 Å². The molecule has 3 rings (SSSR count). The van der Waals surface area contributed by atoms with Crippen LogP contribution in [0.4, 0.5) is 0 Å². The van der Waals surface area contributed by atoms with E-state index in [9.17, 15) is 4.79 Å². The lowest BCUT2D eigenvalue weighted by atomic mass is 9.85. The Bertz CT molecular complexity index is 339. The predicted octanol–water partition coefficient (Wildman–Crippen LogP) is 1.44. The summed E-state index contributed by atoms with van der Waals surface area (Å²) < 4.78 is 5.37. The van der Waals surface area contributed by atoms with Gasteiger partial charge < -0.3 is 15.8 Å². The largest absolute Gasteiger partial charge is 0.381 e. The molecule has 1 aliphatic heterocycles. The second-order valence-corrected chi connectivity index (χ2v) is 6.78. The third kappa shape index (κ3) is 2.79. The zero-order chi connectivity index (χ0) is 13.3. The van der Waals surface area contributed by atoms with Crippen molar-refractivity contribution in [3.8, 4) is 0 Å². The zero-order valence-corrected chi connectivity index (χ0v) is 11.7. The SMILES string of the molecule is NCC1(NC(=O)CC2CC3CCC2C3)CCOCC1. The molecule has 0 aromatic rings. The molecule has 19 heavy (non-hydrogen) atoms. The van der Waals surface area contributed by atoms with E-state index in [0.717, 1.165) is 24.7 Å². The van der Waals surface area contributed by atoms with Crippen molar-refractivity contribution in [2.75, 3.05) is 19.8 Å². The quantitative estimate of drug-likeness (QED) is 0.809. The highest BCUT2D eigenvalue weighted by Gasteiger charge is 2.41. The maximum absolute atomic E-state index is 12.3. The summed E-state index contributed by atoms with van der Waals surface area (Å²) in [5.74, 6) is 2.58. The standard InChI is InChI=1S/C15H26N2O2/c16-10-15(3-5-19-6-4-15)17-14(18)9-13-8-11-1-2-12(13)7-11/h11-13H,1-10,16H2,(H,17,18). The van der Waals surface area contributed by atoms with Gasteiger partial charge in [0, 0.05) is 26.2 Å². The molecule has 1 saturated heterocycles. The Morgan fingerprint density at radius 1 is 1.26 bits per heavy atom. The lowest BCUT2D eigenvalue weighted by Crippen LogP contribution is -2.56. The maximum atomic E-state index is 12.3. The topological polar surface area (TPSA) is 64.3 Å². The van der Waals surface area contributed by atoms with Crippen molar-refractivity contribution >= 4 is 5.91 Å². The molecular formula is C15H26N2O2. The molecule has 2 aliphatic carbocycles. The summed E-state index contributed by atoms with van der Waals surface area (Å²) in [5, 5.41) is 3.22. The summed E-state index contributed by atoms with van der Waals surface area (Å²) in [6.07, 6.45) is 7.80. The number of nitrogens with two attached hydrogens (primary N) is 1. The minimum absolute atomic E-state index is 0.201. The number of amides is 1. The number of hydrogen-bond acceptors (Lipinski definition) is 3. The Kier molecular flexibility index (Phi) is 3.81. The Labute approximate surface area is 115 Å². The van der Waals surface area contributed by atoms with E-state index in [0.29, 0.717) is 32.1 Å². The van der Waals surface area contributed by atoms with E-state index in [4.69, 9.17) is 10.5 Å². The van der Waals surface area contributed by atoms with Gasteiger partial charge in [0.15, 0.2) is 0 Å². The zero-order valence-electron chi connectivity index (χ0n) is 11.7. The van der Waals surface area contributed by atoms with E-state index in [1.54, 1.807) is 0 Å². The van der Waals surface area contributed by atoms with Crippen LogP contribution in [0.1, 0.15) is 44.9 Å². The second kappa shape index (κ2) is 5.41. The summed E-state index contributed by atoms with van der Waals surface area (Å²) in [6.45, 7) is 1.95. The molecule has 1 amide bonds. The van der Waals surface area contributed by atoms with Gasteiger partial charge >= 0.3 is 0 Å². The highest BCUT2D eigenvalue weighted by atomic mass is 16.5. The van der Waals surface area contributed by atoms with Gasteiger partial charge in [-0.1, -0.05) is 6.42 Å². The van der Waals surface area contributed by atoms with Crippen molar-refractivity contribution in [1.29, 1.82) is 0 Å². The fourth-order valence-corrected chi connectivity index (χ4v) is 4.35. The smallest absolute Gasteiger partial charge is 0.220 e. The van der Waals surface area contributed by atoms with E-state index >= 15 is 0 Å². The lowest BCUT2D eigenvalue weighted by molar-refractivity contribution is -0.125. The maximum Gasteiger partial charge on any atom is 0.220 e. The Balaban J connectivity index is 1.52. The van der Waals surface area contributed by atoms with E-state index in [1.165, 1.54) is 25.7 Å². The number of ether oxygens (including phenoxy) is 1. The van der Waals surface area contributed by atoms with Gasteiger partial charge in [-0.05, 0) is 49.9 Å². The summed E-state index contributed by atoms with van der Waals surface area (Å²) in [5.41, 5.74) is 5.68. The fraction of sp³-hybridized carbons (Fsp3) is 0.933. The first-order chi connectivity index (χ1) is 9.21. The van der Waals surface area contributed by atoms with Crippen molar-refractivity contribution in [1.82, 2.24) is 5.32 Å². The third-order valence-electron chi connectivity index (χ3n) is 5.58. The van der Waals surface area contributed by atoms with Crippen LogP contribution in [0.15, 0.2) is 0 Å². The molecule has 3 N–H and O–H groups in total. The number of carbonyl (C=O) groups is 1. The minimum atomic E-state index is -0.201. The summed E-state index contributed by atoms with van der Waals surface area (Å²) >= 11 is 0. The average molecular weight is 266 g/mol. The predicted molar refractivity (Wildman–Crippen MR) is 73.5 cm³/mol. The van der Waals surface area contributed by atoms with E-state index in [-0.39, 0.29) is 11.4 Å². The van der Waals surface area contributed by atoms with Crippen molar-refractivity contribution in [3.63, 3.8) is 0 Å². The van der Waals surface area contributed by atoms with Crippen molar-refractivity contribution < 1.29 is 9.53 Å². The first-order valence-electron chi connectivity index (χ1n) is 7.80. The van der Waals surface area contributed by atoms with Crippen LogP contribution in [0.3, 0.4) is 0 Å². The van der Waals surface area contributed by atoms with Crippen molar-refractivity contribution in [2.45, 2.75) is 50.5 Å². The molecule has 2 saturated carbocycles. The molecule has 3 atom stereocenters. The molecule has 0 aromatic heterocycles. The molecule has 3 fully saturated rings. The van der Waals surface area contributed by atoms with Gasteiger partial charge in [-0.2, -0.15) is 0 Å². The molecule has 0 aromatic carbocycles. The Hall–Kier alpha value is -0.610. The Morgan fingerprint density at radius 3 is 2.63 bits per heavy atom. The van der Waals surface area contributed by atoms with Crippen LogP contribution in [0.5, 0.6) is 0 Å². The molecule has 0 spiro atoms. The number of carbonyl (C=O) groups excluding carboxylic acids is 1. The molecule has 4 heteroatoms. The van der Waals surface area contributed by atoms with Crippen LogP contribution in [0.25, 0.3) is 0 Å². The summed E-state index contributed by atoms with van der Waals surface area (Å²) in [6, 6.07) is 0. The number of fused-ring (bicyclic) bond motifs is 2. The van der Waals surface area contributed by atoms with E-state index in [2.05, 4.69) is 5.32 Å². The fourth-order valence-electron chi connectivity index (χ4n) is 4.35. The first-order valence-corrected chi connectivity index (χ1v) is 7.80. The summed E-state index contributed by atoms with van der Waals surface area (Å²) in [4.78, 5) is 12.3. The average Bonchev–Trinajstić information content (AvgIpc) is 3.02. The molecule has 3 aliphatic rings. The molecule has 2 bridgehead atoms. The van der Waals surface area contributed by atoms with Crippen molar-refractivity contribution in [3.05, 3.63) is 0 Å². The molecule has 1 heterocycles. The molecule has 3 unspecified atom stereocenters. The van der Waals surface area contributed by atoms with Crippen LogP contribution >= 0.6 is 0 Å². The van der Waals surface area contributed by atoms with Crippen LogP contribution in [-0.4, -0.2) is 31.2 Å². The molecular weight excluding hydrogens is 240 g/mol. The first kappa shape index (κ1) is 13.4. The van der Waals surface area contributed by atoms with E-state index < -0.39 is 0 Å². The molecule has 108 valence electrons. The molecule has 0 radical (unpaired) electrons. The van der Waals surface area contributed by atoms with Gasteiger partial charge in [-0.25, -0.2) is 0 Å². The van der Waals surface area contributed by atoms with Crippen molar-refractivity contribution in [2.24, 2.45) is 23.5 Å². The lowest BCUT2D eigenvalue weighted by Gasteiger charge is -2.37. The van der Waals surface area contributed by atoms with Gasteiger partial charge in [-0.15, -0.1) is 0 Å². The van der Waals surface area contributed by atoms with Crippen LogP contribution in [0, 0.1) is 17.8 Å². The number of hydrogen-bond donors (Lipinski definition) is 2. The normalized spacial score (nSPS) is 36.4. The molecule has 4 nitrogen and oxygen atoms in total.